The average Bonchev–Trinajstić information content (AvgIpc) is 3.40. The first-order chi connectivity index (χ1) is 20.3. The third-order valence-electron chi connectivity index (χ3n) is 6.48. The van der Waals surface area contributed by atoms with Gasteiger partial charge in [0.1, 0.15) is 5.75 Å². The molecule has 9 nitrogen and oxygen atoms in total. The zero-order chi connectivity index (χ0) is 29.7. The monoisotopic (exact) mass is 599 g/mol. The molecule has 4 aromatic carbocycles. The van der Waals surface area contributed by atoms with Crippen LogP contribution in [0.1, 0.15) is 33.9 Å². The second kappa shape index (κ2) is 12.5. The van der Waals surface area contributed by atoms with Gasteiger partial charge < -0.3 is 14.9 Å². The Labute approximate surface area is 246 Å². The first-order valence-corrected chi connectivity index (χ1v) is 15.2. The fourth-order valence-electron chi connectivity index (χ4n) is 4.34. The Morgan fingerprint density at radius 2 is 1.67 bits per heavy atom. The van der Waals surface area contributed by atoms with Gasteiger partial charge in [0, 0.05) is 5.56 Å². The van der Waals surface area contributed by atoms with Crippen LogP contribution in [0.25, 0.3) is 10.2 Å². The number of ether oxygens (including phenoxy) is 1. The van der Waals surface area contributed by atoms with E-state index in [-0.39, 0.29) is 29.0 Å². The Hall–Kier alpha value is -4.60. The number of hydrogen-bond donors (Lipinski definition) is 3. The van der Waals surface area contributed by atoms with Crippen LogP contribution in [-0.4, -0.2) is 29.5 Å². The van der Waals surface area contributed by atoms with E-state index in [1.54, 1.807) is 72.8 Å². The van der Waals surface area contributed by atoms with Crippen LogP contribution in [0.15, 0.2) is 95.9 Å². The molecule has 42 heavy (non-hydrogen) atoms. The number of carbonyl (C=O) groups excluding carboxylic acids is 1. The number of aromatic nitrogens is 1. The number of anilines is 1. The summed E-state index contributed by atoms with van der Waals surface area (Å²) in [6.45, 7) is -0.523. The number of fused-ring (bicyclic) bond motifs is 1. The summed E-state index contributed by atoms with van der Waals surface area (Å²) in [6, 6.07) is 26.5. The smallest absolute Gasteiger partial charge is 0.271 e. The lowest BCUT2D eigenvalue weighted by Gasteiger charge is -2.19. The Balaban J connectivity index is 1.48. The number of nitriles is 1. The van der Waals surface area contributed by atoms with Crippen molar-refractivity contribution < 1.29 is 28.2 Å². The first-order valence-electron chi connectivity index (χ1n) is 12.8. The highest BCUT2D eigenvalue weighted by Crippen LogP contribution is 2.31. The largest absolute Gasteiger partial charge is 0.476 e. The number of nitrogens with one attached hydrogen (secondary N) is 1. The number of amides is 1. The number of aliphatic hydroxyl groups is 2. The van der Waals surface area contributed by atoms with Gasteiger partial charge >= 0.3 is 0 Å². The van der Waals surface area contributed by atoms with E-state index in [0.717, 1.165) is 0 Å². The standard InChI is InChI=1S/C31H25N3O6S2/c32-16-20-9-11-25(12-10-20)40-29(22-7-4-8-26(13-22)42(38,39)19-21-5-2-1-3-6-21)30(37)34-31-33-27-14-23(17-35)24(18-36)15-28(27)41-31/h1-15,29,35-36H,17-19H2,(H,33,34,37). The van der Waals surface area contributed by atoms with Crippen LogP contribution in [-0.2, 0) is 33.6 Å². The van der Waals surface area contributed by atoms with Crippen molar-refractivity contribution in [2.24, 2.45) is 0 Å². The number of hydrogen-bond acceptors (Lipinski definition) is 9. The number of rotatable bonds is 10. The third kappa shape index (κ3) is 6.48. The molecule has 0 fully saturated rings. The SMILES string of the molecule is N#Cc1ccc(OC(C(=O)Nc2nc3cc(CO)c(CO)cc3s2)c2cccc(S(=O)(=O)Cc3ccccc3)c2)cc1. The summed E-state index contributed by atoms with van der Waals surface area (Å²) in [7, 11) is -3.74. The van der Waals surface area contributed by atoms with Gasteiger partial charge in [-0.25, -0.2) is 13.4 Å². The van der Waals surface area contributed by atoms with E-state index in [0.29, 0.717) is 43.8 Å². The van der Waals surface area contributed by atoms with Crippen molar-refractivity contribution in [3.63, 3.8) is 0 Å². The Bertz CT molecular complexity index is 1840. The predicted molar refractivity (Wildman–Crippen MR) is 158 cm³/mol. The van der Waals surface area contributed by atoms with Crippen molar-refractivity contribution in [1.29, 1.82) is 5.26 Å². The van der Waals surface area contributed by atoms with Gasteiger partial charge in [0.25, 0.3) is 5.91 Å². The maximum atomic E-state index is 13.7. The minimum atomic E-state index is -3.74. The van der Waals surface area contributed by atoms with Gasteiger partial charge in [0.15, 0.2) is 15.0 Å². The number of benzene rings is 4. The summed E-state index contributed by atoms with van der Waals surface area (Å²) in [5.41, 5.74) is 2.98. The fraction of sp³-hybridized carbons (Fsp3) is 0.129. The van der Waals surface area contributed by atoms with Gasteiger partial charge in [0.05, 0.1) is 45.7 Å². The zero-order valence-electron chi connectivity index (χ0n) is 22.1. The highest BCUT2D eigenvalue weighted by molar-refractivity contribution is 7.90. The molecule has 0 aliphatic carbocycles. The van der Waals surface area contributed by atoms with E-state index < -0.39 is 21.8 Å². The molecule has 0 radical (unpaired) electrons. The van der Waals surface area contributed by atoms with Crippen LogP contribution in [0.4, 0.5) is 5.13 Å². The molecular formula is C31H25N3O6S2. The lowest BCUT2D eigenvalue weighted by Crippen LogP contribution is -2.26. The van der Waals surface area contributed by atoms with Crippen molar-refractivity contribution in [2.45, 2.75) is 30.0 Å². The average molecular weight is 600 g/mol. The number of thiazole rings is 1. The van der Waals surface area contributed by atoms with E-state index >= 15 is 0 Å². The first kappa shape index (κ1) is 28.9. The molecule has 1 amide bonds. The van der Waals surface area contributed by atoms with Crippen molar-refractivity contribution >= 4 is 42.4 Å². The summed E-state index contributed by atoms with van der Waals surface area (Å²) in [6.07, 6.45) is -1.27. The minimum absolute atomic E-state index is 0.0399. The third-order valence-corrected chi connectivity index (χ3v) is 9.09. The highest BCUT2D eigenvalue weighted by Gasteiger charge is 2.26. The van der Waals surface area contributed by atoms with Crippen LogP contribution in [0.3, 0.4) is 0 Å². The fourth-order valence-corrected chi connectivity index (χ4v) is 6.66. The van der Waals surface area contributed by atoms with Gasteiger partial charge in [0.2, 0.25) is 6.10 Å². The molecule has 0 spiro atoms. The molecule has 212 valence electrons. The van der Waals surface area contributed by atoms with Crippen molar-refractivity contribution in [3.8, 4) is 11.8 Å². The van der Waals surface area contributed by atoms with E-state index in [2.05, 4.69) is 10.3 Å². The topological polar surface area (TPSA) is 150 Å². The Morgan fingerprint density at radius 3 is 2.36 bits per heavy atom. The lowest BCUT2D eigenvalue weighted by molar-refractivity contribution is -0.123. The zero-order valence-corrected chi connectivity index (χ0v) is 23.7. The molecule has 0 saturated heterocycles. The van der Waals surface area contributed by atoms with Crippen LogP contribution in [0.2, 0.25) is 0 Å². The molecule has 0 saturated carbocycles. The van der Waals surface area contributed by atoms with Crippen LogP contribution >= 0.6 is 11.3 Å². The number of nitrogens with zero attached hydrogens (tertiary/aromatic N) is 2. The van der Waals surface area contributed by atoms with Crippen LogP contribution < -0.4 is 10.1 Å². The van der Waals surface area contributed by atoms with Gasteiger partial charge in [-0.05, 0) is 65.2 Å². The number of aliphatic hydroxyl groups excluding tert-OH is 2. The summed E-state index contributed by atoms with van der Waals surface area (Å²) in [4.78, 5) is 18.2. The maximum Gasteiger partial charge on any atom is 0.271 e. The van der Waals surface area contributed by atoms with Crippen molar-refractivity contribution in [1.82, 2.24) is 4.98 Å². The minimum Gasteiger partial charge on any atom is -0.476 e. The molecule has 1 unspecified atom stereocenters. The van der Waals surface area contributed by atoms with E-state index in [4.69, 9.17) is 10.00 Å². The highest BCUT2D eigenvalue weighted by atomic mass is 32.2. The molecule has 0 aliphatic rings. The van der Waals surface area contributed by atoms with Gasteiger partial charge in [-0.2, -0.15) is 5.26 Å². The normalized spacial score (nSPS) is 12.0. The van der Waals surface area contributed by atoms with Crippen molar-refractivity contribution in [2.75, 3.05) is 5.32 Å². The van der Waals surface area contributed by atoms with E-state index in [1.165, 1.54) is 23.5 Å². The molecule has 11 heteroatoms. The molecule has 0 aliphatic heterocycles. The summed E-state index contributed by atoms with van der Waals surface area (Å²) in [5, 5.41) is 31.4. The molecular weight excluding hydrogens is 574 g/mol. The van der Waals surface area contributed by atoms with Gasteiger partial charge in [-0.15, -0.1) is 0 Å². The van der Waals surface area contributed by atoms with Crippen LogP contribution in [0, 0.1) is 11.3 Å². The Kier molecular flexibility index (Phi) is 8.61. The quantitative estimate of drug-likeness (QED) is 0.206. The molecule has 1 aromatic heterocycles. The lowest BCUT2D eigenvalue weighted by atomic mass is 10.1. The van der Waals surface area contributed by atoms with E-state index in [9.17, 15) is 23.4 Å². The van der Waals surface area contributed by atoms with Crippen LogP contribution in [0.5, 0.6) is 5.75 Å². The summed E-state index contributed by atoms with van der Waals surface area (Å²) >= 11 is 1.18. The molecule has 1 heterocycles. The van der Waals surface area contributed by atoms with Gasteiger partial charge in [-0.1, -0.05) is 53.8 Å². The summed E-state index contributed by atoms with van der Waals surface area (Å²) < 4.78 is 33.3. The second-order valence-corrected chi connectivity index (χ2v) is 12.4. The molecule has 1 atom stereocenters. The second-order valence-electron chi connectivity index (χ2n) is 9.36. The predicted octanol–water partition coefficient (Wildman–Crippen LogP) is 4.89. The molecule has 5 rings (SSSR count). The van der Waals surface area contributed by atoms with E-state index in [1.807, 2.05) is 12.1 Å². The Morgan fingerprint density at radius 1 is 0.952 bits per heavy atom. The summed E-state index contributed by atoms with van der Waals surface area (Å²) in [5.74, 6) is -0.501. The molecule has 0 bridgehead atoms. The number of sulfone groups is 1. The molecule has 5 aromatic rings. The number of carbonyl (C=O) groups is 1. The maximum absolute atomic E-state index is 13.7. The van der Waals surface area contributed by atoms with Crippen molar-refractivity contribution in [3.05, 3.63) is 119 Å². The van der Waals surface area contributed by atoms with Gasteiger partial charge in [-0.3, -0.25) is 10.1 Å². The molecule has 3 N–H and O–H groups in total.